The van der Waals surface area contributed by atoms with Crippen LogP contribution >= 0.6 is 0 Å². The van der Waals surface area contributed by atoms with Crippen molar-refractivity contribution in [3.05, 3.63) is 18.2 Å². The summed E-state index contributed by atoms with van der Waals surface area (Å²) in [7, 11) is 0. The second-order valence-electron chi connectivity index (χ2n) is 5.52. The molecule has 0 bridgehead atoms. The van der Waals surface area contributed by atoms with E-state index in [-0.39, 0.29) is 6.04 Å². The molecule has 1 aromatic heterocycles. The molecule has 4 nitrogen and oxygen atoms in total. The van der Waals surface area contributed by atoms with Gasteiger partial charge >= 0.3 is 0 Å². The number of rotatable bonds is 8. The summed E-state index contributed by atoms with van der Waals surface area (Å²) in [6.45, 7) is 7.23. The molecule has 0 spiro atoms. The zero-order valence-electron chi connectivity index (χ0n) is 11.6. The predicted molar refractivity (Wildman–Crippen MR) is 74.2 cm³/mol. The van der Waals surface area contributed by atoms with Crippen molar-refractivity contribution in [2.45, 2.75) is 45.7 Å². The van der Waals surface area contributed by atoms with Crippen LogP contribution in [0.3, 0.4) is 0 Å². The first-order valence-electron chi connectivity index (χ1n) is 7.19. The van der Waals surface area contributed by atoms with Crippen LogP contribution in [-0.4, -0.2) is 22.6 Å². The minimum absolute atomic E-state index is 0.236. The van der Waals surface area contributed by atoms with Crippen LogP contribution in [0.2, 0.25) is 0 Å². The van der Waals surface area contributed by atoms with E-state index < -0.39 is 0 Å². The van der Waals surface area contributed by atoms with Crippen molar-refractivity contribution in [2.75, 3.05) is 13.1 Å². The summed E-state index contributed by atoms with van der Waals surface area (Å²) < 4.78 is 2.21. The van der Waals surface area contributed by atoms with Crippen LogP contribution in [0.4, 0.5) is 0 Å². The second-order valence-corrected chi connectivity index (χ2v) is 5.52. The lowest BCUT2D eigenvalue weighted by Crippen LogP contribution is -2.33. The normalized spacial score (nSPS) is 18.8. The van der Waals surface area contributed by atoms with Crippen LogP contribution in [0.1, 0.15) is 44.8 Å². The fourth-order valence-electron chi connectivity index (χ4n) is 2.52. The average molecular weight is 250 g/mol. The zero-order chi connectivity index (χ0) is 13.0. The summed E-state index contributed by atoms with van der Waals surface area (Å²) in [4.78, 5) is 4.25. The molecule has 2 unspecified atom stereocenters. The Hall–Kier alpha value is -0.870. The summed E-state index contributed by atoms with van der Waals surface area (Å²) >= 11 is 0. The van der Waals surface area contributed by atoms with Crippen LogP contribution in [0.25, 0.3) is 0 Å². The number of aromatic nitrogens is 2. The Labute approximate surface area is 110 Å². The number of nitrogens with zero attached hydrogens (tertiary/aromatic N) is 2. The molecule has 0 amide bonds. The van der Waals surface area contributed by atoms with E-state index in [0.717, 1.165) is 31.3 Å². The molecule has 0 radical (unpaired) electrons. The van der Waals surface area contributed by atoms with E-state index in [1.54, 1.807) is 0 Å². The molecule has 102 valence electrons. The molecule has 1 aromatic rings. The third-order valence-electron chi connectivity index (χ3n) is 3.91. The Morgan fingerprint density at radius 2 is 2.33 bits per heavy atom. The van der Waals surface area contributed by atoms with Crippen LogP contribution in [0.5, 0.6) is 0 Å². The van der Waals surface area contributed by atoms with Crippen molar-refractivity contribution in [3.8, 4) is 0 Å². The van der Waals surface area contributed by atoms with E-state index in [0.29, 0.717) is 6.54 Å². The van der Waals surface area contributed by atoms with Gasteiger partial charge in [0.15, 0.2) is 0 Å². The average Bonchev–Trinajstić information content (AvgIpc) is 3.13. The first kappa shape index (κ1) is 13.6. The SMILES string of the molecule is CCCn1cncc1C(CN)NCC(C)C1CC1. The highest BCUT2D eigenvalue weighted by Crippen LogP contribution is 2.36. The lowest BCUT2D eigenvalue weighted by molar-refractivity contribution is 0.411. The van der Waals surface area contributed by atoms with Gasteiger partial charge in [0.2, 0.25) is 0 Å². The Morgan fingerprint density at radius 1 is 1.56 bits per heavy atom. The standard InChI is InChI=1S/C14H26N4/c1-3-6-18-10-16-9-14(18)13(7-15)17-8-11(2)12-4-5-12/h9-13,17H,3-8,15H2,1-2H3. The molecule has 2 rings (SSSR count). The monoisotopic (exact) mass is 250 g/mol. The van der Waals surface area contributed by atoms with Crippen molar-refractivity contribution >= 4 is 0 Å². The van der Waals surface area contributed by atoms with Crippen molar-refractivity contribution in [2.24, 2.45) is 17.6 Å². The van der Waals surface area contributed by atoms with Gasteiger partial charge < -0.3 is 15.6 Å². The predicted octanol–water partition coefficient (Wildman–Crippen LogP) is 1.93. The summed E-state index contributed by atoms with van der Waals surface area (Å²) in [6.07, 6.45) is 7.79. The molecule has 1 aliphatic carbocycles. The van der Waals surface area contributed by atoms with Gasteiger partial charge in [0.1, 0.15) is 0 Å². The van der Waals surface area contributed by atoms with Crippen molar-refractivity contribution < 1.29 is 0 Å². The van der Waals surface area contributed by atoms with Gasteiger partial charge in [-0.05, 0) is 37.6 Å². The largest absolute Gasteiger partial charge is 0.333 e. The maximum Gasteiger partial charge on any atom is 0.0948 e. The maximum absolute atomic E-state index is 5.90. The zero-order valence-corrected chi connectivity index (χ0v) is 11.6. The fourth-order valence-corrected chi connectivity index (χ4v) is 2.52. The highest BCUT2D eigenvalue weighted by Gasteiger charge is 2.28. The molecule has 1 aliphatic rings. The molecule has 2 atom stereocenters. The van der Waals surface area contributed by atoms with E-state index in [1.165, 1.54) is 18.5 Å². The van der Waals surface area contributed by atoms with Gasteiger partial charge in [-0.1, -0.05) is 13.8 Å². The van der Waals surface area contributed by atoms with Crippen LogP contribution in [0, 0.1) is 11.8 Å². The number of nitrogens with one attached hydrogen (secondary N) is 1. The van der Waals surface area contributed by atoms with E-state index >= 15 is 0 Å². The molecular weight excluding hydrogens is 224 g/mol. The fraction of sp³-hybridized carbons (Fsp3) is 0.786. The van der Waals surface area contributed by atoms with Crippen LogP contribution < -0.4 is 11.1 Å². The van der Waals surface area contributed by atoms with Crippen LogP contribution in [0.15, 0.2) is 12.5 Å². The van der Waals surface area contributed by atoms with Gasteiger partial charge in [0.25, 0.3) is 0 Å². The lowest BCUT2D eigenvalue weighted by atomic mass is 10.1. The number of imidazole rings is 1. The van der Waals surface area contributed by atoms with Crippen molar-refractivity contribution in [1.82, 2.24) is 14.9 Å². The van der Waals surface area contributed by atoms with Gasteiger partial charge in [0.05, 0.1) is 18.1 Å². The summed E-state index contributed by atoms with van der Waals surface area (Å²) in [5, 5.41) is 3.61. The van der Waals surface area contributed by atoms with E-state index in [2.05, 4.69) is 28.7 Å². The molecule has 0 aromatic carbocycles. The third-order valence-corrected chi connectivity index (χ3v) is 3.91. The van der Waals surface area contributed by atoms with Gasteiger partial charge in [0, 0.05) is 19.3 Å². The Kier molecular flexibility index (Phi) is 4.78. The molecule has 0 aliphatic heterocycles. The third kappa shape index (κ3) is 3.33. The Balaban J connectivity index is 1.91. The molecule has 4 heteroatoms. The molecular formula is C14H26N4. The van der Waals surface area contributed by atoms with Gasteiger partial charge in [-0.3, -0.25) is 0 Å². The topological polar surface area (TPSA) is 55.9 Å². The first-order chi connectivity index (χ1) is 8.76. The number of nitrogens with two attached hydrogens (primary N) is 1. The molecule has 1 heterocycles. The highest BCUT2D eigenvalue weighted by molar-refractivity contribution is 5.06. The minimum Gasteiger partial charge on any atom is -0.333 e. The van der Waals surface area contributed by atoms with E-state index in [9.17, 15) is 0 Å². The molecule has 18 heavy (non-hydrogen) atoms. The number of hydrogen-bond acceptors (Lipinski definition) is 3. The first-order valence-corrected chi connectivity index (χ1v) is 7.19. The summed E-state index contributed by atoms with van der Waals surface area (Å²) in [5.41, 5.74) is 7.13. The van der Waals surface area contributed by atoms with Gasteiger partial charge in [-0.15, -0.1) is 0 Å². The van der Waals surface area contributed by atoms with Crippen LogP contribution in [-0.2, 0) is 6.54 Å². The van der Waals surface area contributed by atoms with E-state index in [1.807, 2.05) is 12.5 Å². The highest BCUT2D eigenvalue weighted by atomic mass is 15.1. The molecule has 1 fully saturated rings. The molecule has 3 N–H and O–H groups in total. The Bertz CT molecular complexity index is 356. The molecule has 1 saturated carbocycles. The summed E-state index contributed by atoms with van der Waals surface area (Å²) in [5.74, 6) is 1.71. The summed E-state index contributed by atoms with van der Waals surface area (Å²) in [6, 6.07) is 0.236. The molecule has 0 saturated heterocycles. The van der Waals surface area contributed by atoms with Crippen molar-refractivity contribution in [3.63, 3.8) is 0 Å². The lowest BCUT2D eigenvalue weighted by Gasteiger charge is -2.21. The van der Waals surface area contributed by atoms with Gasteiger partial charge in [-0.25, -0.2) is 4.98 Å². The smallest absolute Gasteiger partial charge is 0.0948 e. The number of aryl methyl sites for hydroxylation is 1. The van der Waals surface area contributed by atoms with E-state index in [4.69, 9.17) is 5.73 Å². The maximum atomic E-state index is 5.90. The minimum atomic E-state index is 0.236. The second kappa shape index (κ2) is 6.34. The van der Waals surface area contributed by atoms with Gasteiger partial charge in [-0.2, -0.15) is 0 Å². The Morgan fingerprint density at radius 3 is 2.94 bits per heavy atom. The number of hydrogen-bond donors (Lipinski definition) is 2. The quantitative estimate of drug-likeness (QED) is 0.741. The van der Waals surface area contributed by atoms with Crippen molar-refractivity contribution in [1.29, 1.82) is 0 Å².